The van der Waals surface area contributed by atoms with Crippen molar-refractivity contribution in [2.45, 2.75) is 6.92 Å². The number of nitrogens with one attached hydrogen (secondary N) is 1. The lowest BCUT2D eigenvalue weighted by atomic mass is 10.1. The van der Waals surface area contributed by atoms with Crippen molar-refractivity contribution in [1.82, 2.24) is 4.98 Å². The molecule has 0 spiro atoms. The zero-order chi connectivity index (χ0) is 16.1. The molecule has 1 N–H and O–H groups in total. The third-order valence-corrected chi connectivity index (χ3v) is 3.24. The van der Waals surface area contributed by atoms with E-state index in [1.54, 1.807) is 30.6 Å². The first-order valence-corrected chi connectivity index (χ1v) is 7.27. The van der Waals surface area contributed by atoms with E-state index in [2.05, 4.69) is 10.3 Å². The quantitative estimate of drug-likeness (QED) is 0.775. The molecule has 3 aromatic rings. The van der Waals surface area contributed by atoms with E-state index in [1.807, 2.05) is 49.4 Å². The van der Waals surface area contributed by atoms with Gasteiger partial charge in [0.2, 0.25) is 0 Å². The summed E-state index contributed by atoms with van der Waals surface area (Å²) in [4.78, 5) is 16.3. The summed E-state index contributed by atoms with van der Waals surface area (Å²) in [6.45, 7) is 1.96. The van der Waals surface area contributed by atoms with Crippen LogP contribution in [0.25, 0.3) is 0 Å². The van der Waals surface area contributed by atoms with Crippen LogP contribution < -0.4 is 10.1 Å². The highest BCUT2D eigenvalue weighted by molar-refractivity contribution is 6.04. The van der Waals surface area contributed by atoms with Crippen LogP contribution in [0.1, 0.15) is 15.9 Å². The second kappa shape index (κ2) is 6.75. The number of carbonyl (C=O) groups is 1. The summed E-state index contributed by atoms with van der Waals surface area (Å²) in [5.74, 6) is 1.14. The molecule has 2 aromatic carbocycles. The minimum absolute atomic E-state index is 0.146. The molecule has 0 radical (unpaired) electrons. The van der Waals surface area contributed by atoms with Gasteiger partial charge in [0.25, 0.3) is 5.91 Å². The molecule has 0 aliphatic rings. The number of aryl methyl sites for hydroxylation is 1. The molecule has 4 heteroatoms. The average Bonchev–Trinajstić information content (AvgIpc) is 2.56. The van der Waals surface area contributed by atoms with Crippen molar-refractivity contribution in [2.24, 2.45) is 0 Å². The van der Waals surface area contributed by atoms with Crippen LogP contribution in [0.15, 0.2) is 73.1 Å². The number of nitrogens with zero attached hydrogens (tertiary/aromatic N) is 1. The molecule has 4 nitrogen and oxygen atoms in total. The SMILES string of the molecule is Cc1cccc(C(=O)Nc2cccc(Oc3cccnc3)c2)c1. The Morgan fingerprint density at radius 2 is 1.83 bits per heavy atom. The Kier molecular flexibility index (Phi) is 4.34. The maximum absolute atomic E-state index is 12.3. The van der Waals surface area contributed by atoms with E-state index in [1.165, 1.54) is 0 Å². The molecule has 1 aromatic heterocycles. The molecule has 1 amide bonds. The molecule has 3 rings (SSSR count). The van der Waals surface area contributed by atoms with Gasteiger partial charge < -0.3 is 10.1 Å². The van der Waals surface area contributed by atoms with Gasteiger partial charge in [-0.25, -0.2) is 0 Å². The number of rotatable bonds is 4. The summed E-state index contributed by atoms with van der Waals surface area (Å²) in [5.41, 5.74) is 2.35. The van der Waals surface area contributed by atoms with E-state index in [-0.39, 0.29) is 5.91 Å². The fraction of sp³-hybridized carbons (Fsp3) is 0.0526. The zero-order valence-corrected chi connectivity index (χ0v) is 12.7. The molecule has 1 heterocycles. The molecular formula is C19H16N2O2. The van der Waals surface area contributed by atoms with Crippen LogP contribution in [0.2, 0.25) is 0 Å². The molecule has 114 valence electrons. The first-order chi connectivity index (χ1) is 11.2. The minimum atomic E-state index is -0.146. The summed E-state index contributed by atoms with van der Waals surface area (Å²) in [5, 5.41) is 2.88. The Morgan fingerprint density at radius 1 is 1.00 bits per heavy atom. The van der Waals surface area contributed by atoms with Crippen molar-refractivity contribution in [2.75, 3.05) is 5.32 Å². The van der Waals surface area contributed by atoms with E-state index >= 15 is 0 Å². The molecular weight excluding hydrogens is 288 g/mol. The fourth-order valence-electron chi connectivity index (χ4n) is 2.17. The van der Waals surface area contributed by atoms with Gasteiger partial charge in [0.1, 0.15) is 11.5 Å². The number of anilines is 1. The summed E-state index contributed by atoms with van der Waals surface area (Å²) >= 11 is 0. The first kappa shape index (κ1) is 14.8. The molecule has 23 heavy (non-hydrogen) atoms. The Bertz CT molecular complexity index is 816. The second-order valence-electron chi connectivity index (χ2n) is 5.14. The number of pyridine rings is 1. The van der Waals surface area contributed by atoms with E-state index in [4.69, 9.17) is 4.74 Å². The predicted octanol–water partition coefficient (Wildman–Crippen LogP) is 4.43. The van der Waals surface area contributed by atoms with Crippen molar-refractivity contribution < 1.29 is 9.53 Å². The van der Waals surface area contributed by atoms with Crippen LogP contribution in [0.3, 0.4) is 0 Å². The normalized spacial score (nSPS) is 10.1. The number of hydrogen-bond donors (Lipinski definition) is 1. The Morgan fingerprint density at radius 3 is 2.61 bits per heavy atom. The lowest BCUT2D eigenvalue weighted by Crippen LogP contribution is -2.11. The van der Waals surface area contributed by atoms with Crippen molar-refractivity contribution >= 4 is 11.6 Å². The van der Waals surface area contributed by atoms with Crippen LogP contribution in [-0.2, 0) is 0 Å². The minimum Gasteiger partial charge on any atom is -0.456 e. The molecule has 0 bridgehead atoms. The van der Waals surface area contributed by atoms with Crippen molar-refractivity contribution in [3.8, 4) is 11.5 Å². The third-order valence-electron chi connectivity index (χ3n) is 3.24. The van der Waals surface area contributed by atoms with Crippen LogP contribution in [0.5, 0.6) is 11.5 Å². The van der Waals surface area contributed by atoms with Crippen LogP contribution in [-0.4, -0.2) is 10.9 Å². The summed E-state index contributed by atoms with van der Waals surface area (Å²) in [6, 6.07) is 18.4. The van der Waals surface area contributed by atoms with Crippen LogP contribution >= 0.6 is 0 Å². The molecule has 0 aliphatic carbocycles. The van der Waals surface area contributed by atoms with Gasteiger partial charge in [0.15, 0.2) is 0 Å². The smallest absolute Gasteiger partial charge is 0.255 e. The largest absolute Gasteiger partial charge is 0.456 e. The number of amides is 1. The van der Waals surface area contributed by atoms with Gasteiger partial charge in [0.05, 0.1) is 6.20 Å². The molecule has 0 saturated carbocycles. The number of aromatic nitrogens is 1. The maximum Gasteiger partial charge on any atom is 0.255 e. The van der Waals surface area contributed by atoms with Gasteiger partial charge in [-0.2, -0.15) is 0 Å². The van der Waals surface area contributed by atoms with Crippen molar-refractivity contribution in [3.05, 3.63) is 84.2 Å². The fourth-order valence-corrected chi connectivity index (χ4v) is 2.17. The van der Waals surface area contributed by atoms with Crippen molar-refractivity contribution in [3.63, 3.8) is 0 Å². The van der Waals surface area contributed by atoms with Gasteiger partial charge in [-0.1, -0.05) is 23.8 Å². The molecule has 0 saturated heterocycles. The topological polar surface area (TPSA) is 51.2 Å². The van der Waals surface area contributed by atoms with Crippen LogP contribution in [0, 0.1) is 6.92 Å². The Labute approximate surface area is 134 Å². The molecule has 0 unspecified atom stereocenters. The standard InChI is InChI=1S/C19H16N2O2/c1-14-5-2-6-15(11-14)19(22)21-16-7-3-8-17(12-16)23-18-9-4-10-20-13-18/h2-13H,1H3,(H,21,22). The van der Waals surface area contributed by atoms with Gasteiger partial charge >= 0.3 is 0 Å². The first-order valence-electron chi connectivity index (χ1n) is 7.27. The highest BCUT2D eigenvalue weighted by atomic mass is 16.5. The van der Waals surface area contributed by atoms with Crippen LogP contribution in [0.4, 0.5) is 5.69 Å². The molecule has 0 aliphatic heterocycles. The summed E-state index contributed by atoms with van der Waals surface area (Å²) in [7, 11) is 0. The van der Waals surface area contributed by atoms with E-state index in [9.17, 15) is 4.79 Å². The zero-order valence-electron chi connectivity index (χ0n) is 12.7. The predicted molar refractivity (Wildman–Crippen MR) is 89.9 cm³/mol. The van der Waals surface area contributed by atoms with E-state index < -0.39 is 0 Å². The van der Waals surface area contributed by atoms with Gasteiger partial charge in [-0.05, 0) is 43.3 Å². The summed E-state index contributed by atoms with van der Waals surface area (Å²) < 4.78 is 5.71. The van der Waals surface area contributed by atoms with Crippen molar-refractivity contribution in [1.29, 1.82) is 0 Å². The molecule has 0 fully saturated rings. The Hall–Kier alpha value is -3.14. The number of benzene rings is 2. The highest BCUT2D eigenvalue weighted by Crippen LogP contribution is 2.23. The Balaban J connectivity index is 1.74. The van der Waals surface area contributed by atoms with Gasteiger partial charge in [-0.3, -0.25) is 9.78 Å². The highest BCUT2D eigenvalue weighted by Gasteiger charge is 2.07. The lowest BCUT2D eigenvalue weighted by molar-refractivity contribution is 0.102. The average molecular weight is 304 g/mol. The summed E-state index contributed by atoms with van der Waals surface area (Å²) in [6.07, 6.45) is 3.32. The number of hydrogen-bond acceptors (Lipinski definition) is 3. The lowest BCUT2D eigenvalue weighted by Gasteiger charge is -2.09. The van der Waals surface area contributed by atoms with Gasteiger partial charge in [0, 0.05) is 23.5 Å². The monoisotopic (exact) mass is 304 g/mol. The second-order valence-corrected chi connectivity index (χ2v) is 5.14. The number of ether oxygens (including phenoxy) is 1. The number of carbonyl (C=O) groups excluding carboxylic acids is 1. The van der Waals surface area contributed by atoms with E-state index in [0.717, 1.165) is 5.56 Å². The molecule has 0 atom stereocenters. The van der Waals surface area contributed by atoms with E-state index in [0.29, 0.717) is 22.7 Å². The maximum atomic E-state index is 12.3. The van der Waals surface area contributed by atoms with Gasteiger partial charge in [-0.15, -0.1) is 0 Å². The third kappa shape index (κ3) is 3.95.